The molecule has 2 heteroatoms. The molecule has 472 valence electrons. The van der Waals surface area contributed by atoms with E-state index in [1.807, 2.05) is 0 Å². The van der Waals surface area contributed by atoms with Gasteiger partial charge < -0.3 is 9.13 Å². The minimum Gasteiger partial charge on any atom is -0.309 e. The number of para-hydroxylation sites is 1. The van der Waals surface area contributed by atoms with Gasteiger partial charge in [0.15, 0.2) is 0 Å². The second-order valence-corrected chi connectivity index (χ2v) is 28.3. The van der Waals surface area contributed by atoms with Crippen molar-refractivity contribution in [3.8, 4) is 100 Å². The number of fused-ring (bicyclic) bond motifs is 19. The molecule has 2 aliphatic carbocycles. The van der Waals surface area contributed by atoms with Gasteiger partial charge in [-0.15, -0.1) is 0 Å². The first kappa shape index (κ1) is 58.9. The van der Waals surface area contributed by atoms with Crippen LogP contribution in [0.4, 0.5) is 0 Å². The Labute approximate surface area is 583 Å². The van der Waals surface area contributed by atoms with Crippen LogP contribution in [0, 0.1) is 0 Å². The van der Waals surface area contributed by atoms with Gasteiger partial charge in [-0.05, 0) is 200 Å². The largest absolute Gasteiger partial charge is 0.309 e. The van der Waals surface area contributed by atoms with E-state index in [1.165, 1.54) is 188 Å². The van der Waals surface area contributed by atoms with Crippen molar-refractivity contribution in [1.82, 2.24) is 9.13 Å². The lowest BCUT2D eigenvalue weighted by molar-refractivity contribution is 0.664. The molecule has 0 aliphatic heterocycles. The molecule has 2 aromatic heterocycles. The first-order valence-corrected chi connectivity index (χ1v) is 35.0. The minimum absolute atomic E-state index is 0.132. The quantitative estimate of drug-likeness (QED) is 0.143. The maximum atomic E-state index is 2.53. The molecular weight excluding hydrogens is 1210 g/mol. The van der Waals surface area contributed by atoms with Gasteiger partial charge >= 0.3 is 0 Å². The van der Waals surface area contributed by atoms with Crippen LogP contribution in [0.3, 0.4) is 0 Å². The molecular formula is C98H70N2. The first-order chi connectivity index (χ1) is 49.1. The molecule has 2 heterocycles. The number of benzene rings is 16. The number of rotatable bonds is 8. The molecule has 0 fully saturated rings. The zero-order valence-electron chi connectivity index (χ0n) is 56.4. The van der Waals surface area contributed by atoms with Crippen LogP contribution < -0.4 is 0 Å². The number of aromatic nitrogens is 2. The Morgan fingerprint density at radius 2 is 0.610 bits per heavy atom. The van der Waals surface area contributed by atoms with Crippen LogP contribution in [0.2, 0.25) is 0 Å². The van der Waals surface area contributed by atoms with Gasteiger partial charge in [0.2, 0.25) is 0 Å². The maximum absolute atomic E-state index is 2.53. The van der Waals surface area contributed by atoms with Gasteiger partial charge in [-0.3, -0.25) is 0 Å². The van der Waals surface area contributed by atoms with E-state index < -0.39 is 0 Å². The summed E-state index contributed by atoms with van der Waals surface area (Å²) < 4.78 is 5.04. The summed E-state index contributed by atoms with van der Waals surface area (Å²) in [5.74, 6) is 0. The van der Waals surface area contributed by atoms with Crippen LogP contribution in [0.25, 0.3) is 166 Å². The molecule has 0 N–H and O–H groups in total. The molecule has 20 rings (SSSR count). The van der Waals surface area contributed by atoms with Gasteiger partial charge in [0.25, 0.3) is 0 Å². The van der Waals surface area contributed by atoms with E-state index in [1.54, 1.807) is 0 Å². The third-order valence-corrected chi connectivity index (χ3v) is 21.9. The fourth-order valence-corrected chi connectivity index (χ4v) is 17.3. The smallest absolute Gasteiger partial charge is 0.0623 e. The standard InChI is InChI=1S/2C49H35N/c1-49(2)43-23-13-11-21-41(43)45-39-19-9-10-20-40(39)48-46(47(45)49)42-22-12-14-24-44(42)50(48)38-27-25-34(26-28-38)37-30-35(32-15-5-3-6-16-32)29-36(31-37)33-17-7-4-8-18-33;1-49(2)44-20-12-11-19-41(44)42-26-27-43-46-40-18-10-9-17-35(40)23-28-45(46)50(48(43)47(42)49)39-24-21-34(22-25-39)38-30-36(32-13-5-3-6-14-32)29-37(31-38)33-15-7-4-8-16-33/h2*3-31H,1-2H3. The Bertz CT molecular complexity index is 6150. The van der Waals surface area contributed by atoms with E-state index in [9.17, 15) is 0 Å². The molecule has 2 aliphatic rings. The highest BCUT2D eigenvalue weighted by molar-refractivity contribution is 6.26. The number of hydrogen-bond acceptors (Lipinski definition) is 0. The van der Waals surface area contributed by atoms with Crippen molar-refractivity contribution in [3.05, 3.63) is 374 Å². The molecule has 0 bridgehead atoms. The maximum Gasteiger partial charge on any atom is 0.0623 e. The molecule has 16 aromatic carbocycles. The number of hydrogen-bond donors (Lipinski definition) is 0. The van der Waals surface area contributed by atoms with Gasteiger partial charge in [-0.2, -0.15) is 0 Å². The lowest BCUT2D eigenvalue weighted by Crippen LogP contribution is -2.16. The summed E-state index contributed by atoms with van der Waals surface area (Å²) in [6.45, 7) is 9.59. The Morgan fingerprint density at radius 3 is 1.13 bits per heavy atom. The van der Waals surface area contributed by atoms with E-state index in [0.717, 1.165) is 0 Å². The van der Waals surface area contributed by atoms with E-state index in [-0.39, 0.29) is 10.8 Å². The molecule has 0 spiro atoms. The van der Waals surface area contributed by atoms with Gasteiger partial charge in [0, 0.05) is 49.1 Å². The van der Waals surface area contributed by atoms with Crippen molar-refractivity contribution < 1.29 is 0 Å². The molecule has 0 amide bonds. The summed E-state index contributed by atoms with van der Waals surface area (Å²) in [4.78, 5) is 0. The molecule has 18 aromatic rings. The third kappa shape index (κ3) is 9.31. The summed E-state index contributed by atoms with van der Waals surface area (Å²) in [5.41, 5.74) is 32.8. The SMILES string of the molecule is CC1(C)c2ccccc2-c2c1c1c3ccccc3n(-c3ccc(-c4cc(-c5ccccc5)cc(-c5ccccc5)c4)cc3)c1c1ccccc21.CC1(C)c2ccccc2-c2ccc3c4c5ccccc5ccc4n(-c4ccc(-c5cc(-c6ccccc6)cc(-c6ccccc6)c5)cc4)c3c21. The van der Waals surface area contributed by atoms with E-state index in [4.69, 9.17) is 0 Å². The number of nitrogens with zero attached hydrogens (tertiary/aromatic N) is 2. The summed E-state index contributed by atoms with van der Waals surface area (Å²) in [7, 11) is 0. The summed E-state index contributed by atoms with van der Waals surface area (Å²) in [6.07, 6.45) is 0. The van der Waals surface area contributed by atoms with Crippen LogP contribution >= 0.6 is 0 Å². The van der Waals surface area contributed by atoms with Crippen LogP contribution in [-0.2, 0) is 10.8 Å². The monoisotopic (exact) mass is 1270 g/mol. The topological polar surface area (TPSA) is 9.86 Å². The molecule has 0 saturated carbocycles. The van der Waals surface area contributed by atoms with Crippen molar-refractivity contribution in [3.63, 3.8) is 0 Å². The highest BCUT2D eigenvalue weighted by atomic mass is 15.0. The summed E-state index contributed by atoms with van der Waals surface area (Å²) in [5, 5.41) is 10.5. The van der Waals surface area contributed by atoms with Gasteiger partial charge in [0.1, 0.15) is 0 Å². The Kier molecular flexibility index (Phi) is 13.7. The molecule has 100 heavy (non-hydrogen) atoms. The van der Waals surface area contributed by atoms with Crippen LogP contribution in [-0.4, -0.2) is 9.13 Å². The van der Waals surface area contributed by atoms with Gasteiger partial charge in [0.05, 0.1) is 22.1 Å². The Hall–Kier alpha value is -12.4. The average Bonchev–Trinajstić information content (AvgIpc) is 1.52. The minimum atomic E-state index is -0.140. The molecule has 0 saturated heterocycles. The first-order valence-electron chi connectivity index (χ1n) is 35.0. The summed E-state index contributed by atoms with van der Waals surface area (Å²) >= 11 is 0. The third-order valence-electron chi connectivity index (χ3n) is 21.9. The summed E-state index contributed by atoms with van der Waals surface area (Å²) in [6, 6.07) is 129. The highest BCUT2D eigenvalue weighted by Crippen LogP contribution is 2.57. The lowest BCUT2D eigenvalue weighted by Gasteiger charge is -2.23. The normalized spacial score (nSPS) is 13.2. The highest BCUT2D eigenvalue weighted by Gasteiger charge is 2.41. The Balaban J connectivity index is 0.000000139. The van der Waals surface area contributed by atoms with Crippen molar-refractivity contribution in [2.75, 3.05) is 0 Å². The van der Waals surface area contributed by atoms with Crippen molar-refractivity contribution in [2.45, 2.75) is 38.5 Å². The fraction of sp³-hybridized carbons (Fsp3) is 0.0612. The second kappa shape index (κ2) is 23.2. The van der Waals surface area contributed by atoms with E-state index in [2.05, 4.69) is 389 Å². The zero-order valence-corrected chi connectivity index (χ0v) is 56.4. The van der Waals surface area contributed by atoms with Crippen LogP contribution in [0.15, 0.2) is 352 Å². The molecule has 0 unspecified atom stereocenters. The van der Waals surface area contributed by atoms with Crippen molar-refractivity contribution in [1.29, 1.82) is 0 Å². The van der Waals surface area contributed by atoms with Crippen molar-refractivity contribution in [2.24, 2.45) is 0 Å². The second-order valence-electron chi connectivity index (χ2n) is 28.3. The predicted molar refractivity (Wildman–Crippen MR) is 424 cm³/mol. The van der Waals surface area contributed by atoms with Crippen LogP contribution in [0.5, 0.6) is 0 Å². The van der Waals surface area contributed by atoms with Gasteiger partial charge in [-0.1, -0.05) is 307 Å². The molecule has 2 nitrogen and oxygen atoms in total. The molecule has 0 atom stereocenters. The average molecular weight is 1280 g/mol. The fourth-order valence-electron chi connectivity index (χ4n) is 17.3. The van der Waals surface area contributed by atoms with E-state index in [0.29, 0.717) is 0 Å². The Morgan fingerprint density at radius 1 is 0.220 bits per heavy atom. The molecule has 0 radical (unpaired) electrons. The zero-order chi connectivity index (χ0) is 66.8. The predicted octanol–water partition coefficient (Wildman–Crippen LogP) is 26.5. The van der Waals surface area contributed by atoms with E-state index >= 15 is 0 Å². The van der Waals surface area contributed by atoms with Crippen molar-refractivity contribution >= 4 is 65.2 Å². The lowest BCUT2D eigenvalue weighted by atomic mass is 9.79. The van der Waals surface area contributed by atoms with Gasteiger partial charge in [-0.25, -0.2) is 0 Å². The van der Waals surface area contributed by atoms with Crippen LogP contribution in [0.1, 0.15) is 49.9 Å².